The molecule has 0 saturated carbocycles. The van der Waals surface area contributed by atoms with Gasteiger partial charge >= 0.3 is 0 Å². The molecule has 0 aliphatic rings. The molecule has 1 aromatic carbocycles. The molecule has 0 unspecified atom stereocenters. The monoisotopic (exact) mass is 188 g/mol. The van der Waals surface area contributed by atoms with E-state index in [0.717, 1.165) is 11.3 Å². The number of carbonyl (C=O) groups excluding carboxylic acids is 1. The smallest absolute Gasteiger partial charge is 0.300 e. The lowest BCUT2D eigenvalue weighted by Gasteiger charge is -2.08. The van der Waals surface area contributed by atoms with E-state index in [4.69, 9.17) is 6.42 Å². The summed E-state index contributed by atoms with van der Waals surface area (Å²) in [5, 5.41) is 5.64. The molecule has 0 radical (unpaired) electrons. The van der Waals surface area contributed by atoms with Gasteiger partial charge in [0.2, 0.25) is 0 Å². The van der Waals surface area contributed by atoms with E-state index in [1.54, 1.807) is 0 Å². The van der Waals surface area contributed by atoms with Crippen LogP contribution in [0.3, 0.4) is 0 Å². The highest BCUT2D eigenvalue weighted by molar-refractivity contribution is 6.03. The Hall–Kier alpha value is -1.79. The molecule has 3 nitrogen and oxygen atoms in total. The first-order valence-electron chi connectivity index (χ1n) is 4.28. The zero-order valence-electron chi connectivity index (χ0n) is 8.00. The van der Waals surface area contributed by atoms with Crippen LogP contribution in [0.25, 0.3) is 0 Å². The van der Waals surface area contributed by atoms with Crippen LogP contribution in [0, 0.1) is 12.3 Å². The third-order valence-corrected chi connectivity index (χ3v) is 1.76. The molecule has 14 heavy (non-hydrogen) atoms. The molecule has 0 fully saturated rings. The minimum atomic E-state index is -0.423. The summed E-state index contributed by atoms with van der Waals surface area (Å²) in [6.07, 6.45) is 4.97. The summed E-state index contributed by atoms with van der Waals surface area (Å²) in [6, 6.07) is 7.52. The van der Waals surface area contributed by atoms with Crippen molar-refractivity contribution in [3.63, 3.8) is 0 Å². The third-order valence-electron chi connectivity index (χ3n) is 1.76. The van der Waals surface area contributed by atoms with Crippen molar-refractivity contribution in [2.24, 2.45) is 0 Å². The molecule has 0 atom stereocenters. The maximum Gasteiger partial charge on any atom is 0.300 e. The van der Waals surface area contributed by atoms with Crippen LogP contribution in [0.5, 0.6) is 0 Å². The highest BCUT2D eigenvalue weighted by atomic mass is 16.1. The fourth-order valence-corrected chi connectivity index (χ4v) is 1.15. The second-order valence-electron chi connectivity index (χ2n) is 2.79. The molecular weight excluding hydrogens is 176 g/mol. The van der Waals surface area contributed by atoms with Gasteiger partial charge in [-0.25, -0.2) is 0 Å². The number of hydrogen-bond donors (Lipinski definition) is 2. The Morgan fingerprint density at radius 1 is 1.50 bits per heavy atom. The van der Waals surface area contributed by atoms with Crippen molar-refractivity contribution in [3.05, 3.63) is 29.8 Å². The summed E-state index contributed by atoms with van der Waals surface area (Å²) in [6.45, 7) is 0.695. The molecule has 0 saturated heterocycles. The van der Waals surface area contributed by atoms with E-state index in [-0.39, 0.29) is 0 Å². The minimum absolute atomic E-state index is 0.423. The minimum Gasteiger partial charge on any atom is -0.316 e. The Bertz CT molecular complexity index is 366. The fraction of sp³-hybridized carbons (Fsp3) is 0.182. The van der Waals surface area contributed by atoms with E-state index in [2.05, 4.69) is 10.6 Å². The van der Waals surface area contributed by atoms with E-state index < -0.39 is 5.91 Å². The number of para-hydroxylation sites is 1. The molecule has 0 aliphatic carbocycles. The maximum absolute atomic E-state index is 11.0. The Kier molecular flexibility index (Phi) is 3.71. The van der Waals surface area contributed by atoms with Crippen LogP contribution in [0.2, 0.25) is 0 Å². The molecule has 0 spiro atoms. The number of nitrogens with one attached hydrogen (secondary N) is 2. The SMILES string of the molecule is C#CC(=O)Nc1ccccc1CNC. The number of hydrogen-bond acceptors (Lipinski definition) is 2. The number of rotatable bonds is 3. The van der Waals surface area contributed by atoms with Gasteiger partial charge in [-0.15, -0.1) is 6.42 Å². The van der Waals surface area contributed by atoms with Gasteiger partial charge in [0.1, 0.15) is 0 Å². The Morgan fingerprint density at radius 2 is 2.21 bits per heavy atom. The van der Waals surface area contributed by atoms with Gasteiger partial charge in [0.15, 0.2) is 0 Å². The predicted octanol–water partition coefficient (Wildman–Crippen LogP) is 0.978. The van der Waals surface area contributed by atoms with Gasteiger partial charge in [-0.2, -0.15) is 0 Å². The zero-order chi connectivity index (χ0) is 10.4. The van der Waals surface area contributed by atoms with Crippen LogP contribution in [0.4, 0.5) is 5.69 Å². The van der Waals surface area contributed by atoms with Crippen molar-refractivity contribution in [1.29, 1.82) is 0 Å². The normalized spacial score (nSPS) is 9.14. The number of amides is 1. The second kappa shape index (κ2) is 5.05. The van der Waals surface area contributed by atoms with Gasteiger partial charge in [0, 0.05) is 12.2 Å². The largest absolute Gasteiger partial charge is 0.316 e. The first-order chi connectivity index (χ1) is 6.77. The summed E-state index contributed by atoms with van der Waals surface area (Å²) in [7, 11) is 1.85. The maximum atomic E-state index is 11.0. The molecule has 0 aliphatic heterocycles. The highest BCUT2D eigenvalue weighted by Gasteiger charge is 2.02. The fourth-order valence-electron chi connectivity index (χ4n) is 1.15. The predicted molar refractivity (Wildman–Crippen MR) is 56.7 cm³/mol. The van der Waals surface area contributed by atoms with E-state index in [1.165, 1.54) is 0 Å². The van der Waals surface area contributed by atoms with Crippen LogP contribution >= 0.6 is 0 Å². The molecule has 0 aromatic heterocycles. The van der Waals surface area contributed by atoms with Gasteiger partial charge in [-0.1, -0.05) is 18.2 Å². The van der Waals surface area contributed by atoms with Crippen molar-refractivity contribution in [3.8, 4) is 12.3 Å². The van der Waals surface area contributed by atoms with Gasteiger partial charge in [-0.3, -0.25) is 4.79 Å². The number of anilines is 1. The number of terminal acetylenes is 1. The molecule has 1 aromatic rings. The van der Waals surface area contributed by atoms with Gasteiger partial charge in [0.25, 0.3) is 5.91 Å². The third kappa shape index (κ3) is 2.61. The average molecular weight is 188 g/mol. The number of carbonyl (C=O) groups is 1. The molecule has 1 amide bonds. The van der Waals surface area contributed by atoms with Crippen molar-refractivity contribution in [1.82, 2.24) is 5.32 Å². The summed E-state index contributed by atoms with van der Waals surface area (Å²) >= 11 is 0. The van der Waals surface area contributed by atoms with E-state index in [9.17, 15) is 4.79 Å². The molecule has 3 heteroatoms. The van der Waals surface area contributed by atoms with Crippen molar-refractivity contribution < 1.29 is 4.79 Å². The molecule has 72 valence electrons. The molecule has 1 rings (SSSR count). The quantitative estimate of drug-likeness (QED) is 0.694. The number of benzene rings is 1. The molecule has 0 heterocycles. The van der Waals surface area contributed by atoms with Crippen LogP contribution < -0.4 is 10.6 Å². The first kappa shape index (κ1) is 10.3. The summed E-state index contributed by atoms with van der Waals surface area (Å²) in [5.41, 5.74) is 1.77. The van der Waals surface area contributed by atoms with E-state index in [1.807, 2.05) is 37.2 Å². The summed E-state index contributed by atoms with van der Waals surface area (Å²) in [4.78, 5) is 11.0. The van der Waals surface area contributed by atoms with Gasteiger partial charge < -0.3 is 10.6 Å². The lowest BCUT2D eigenvalue weighted by Crippen LogP contribution is -2.13. The topological polar surface area (TPSA) is 41.1 Å². The zero-order valence-corrected chi connectivity index (χ0v) is 8.00. The van der Waals surface area contributed by atoms with Gasteiger partial charge in [0.05, 0.1) is 0 Å². The summed E-state index contributed by atoms with van der Waals surface area (Å²) in [5.74, 6) is 1.59. The van der Waals surface area contributed by atoms with Crippen LogP contribution in [-0.4, -0.2) is 13.0 Å². The molecule has 0 bridgehead atoms. The highest BCUT2D eigenvalue weighted by Crippen LogP contribution is 2.14. The Balaban J connectivity index is 2.85. The van der Waals surface area contributed by atoms with Crippen molar-refractivity contribution in [2.75, 3.05) is 12.4 Å². The lowest BCUT2D eigenvalue weighted by atomic mass is 10.2. The van der Waals surface area contributed by atoms with E-state index >= 15 is 0 Å². The standard InChI is InChI=1S/C11H12N2O/c1-3-11(14)13-10-7-5-4-6-9(10)8-12-2/h1,4-7,12H,8H2,2H3,(H,13,14). The van der Waals surface area contributed by atoms with Crippen molar-refractivity contribution >= 4 is 11.6 Å². The molecule has 2 N–H and O–H groups in total. The van der Waals surface area contributed by atoms with E-state index in [0.29, 0.717) is 6.54 Å². The lowest BCUT2D eigenvalue weighted by molar-refractivity contribution is -0.111. The Labute approximate surface area is 83.5 Å². The molecular formula is C11H12N2O. The summed E-state index contributed by atoms with van der Waals surface area (Å²) < 4.78 is 0. The van der Waals surface area contributed by atoms with Crippen molar-refractivity contribution in [2.45, 2.75) is 6.54 Å². The average Bonchev–Trinajstić information content (AvgIpc) is 2.21. The van der Waals surface area contributed by atoms with Crippen LogP contribution in [-0.2, 0) is 11.3 Å². The van der Waals surface area contributed by atoms with Crippen LogP contribution in [0.1, 0.15) is 5.56 Å². The van der Waals surface area contributed by atoms with Crippen LogP contribution in [0.15, 0.2) is 24.3 Å². The Morgan fingerprint density at radius 3 is 2.86 bits per heavy atom. The van der Waals surface area contributed by atoms with Gasteiger partial charge in [-0.05, 0) is 24.6 Å². The second-order valence-corrected chi connectivity index (χ2v) is 2.79. The first-order valence-corrected chi connectivity index (χ1v) is 4.28.